The Labute approximate surface area is 215 Å². The number of nitrogens with zero attached hydrogens (tertiary/aromatic N) is 4. The number of hydrogen-bond donors (Lipinski definition) is 1. The summed E-state index contributed by atoms with van der Waals surface area (Å²) in [5.41, 5.74) is 0. The minimum atomic E-state index is -4.21. The van der Waals surface area contributed by atoms with Crippen LogP contribution in [0.15, 0.2) is 12.4 Å². The molecule has 6 nitrogen and oxygen atoms in total. The standard InChI is InChI=1S/C26H38F3N5OS/c27-26(28,29)14-22-13-23-24(31-18-32-25(23)36-22)30-15-19-5-7-33(8-6-19)16-20-1-3-21(4-2-20)17-34-9-11-35-12-10-34/h13,18-21H,1-12,14-17H2,(H,30,31,32). The van der Waals surface area contributed by atoms with E-state index in [1.807, 2.05) is 0 Å². The van der Waals surface area contributed by atoms with Crippen LogP contribution in [0.25, 0.3) is 10.2 Å². The normalized spacial score (nSPS) is 25.4. The molecule has 5 rings (SSSR count). The van der Waals surface area contributed by atoms with Gasteiger partial charge in [-0.25, -0.2) is 9.97 Å². The van der Waals surface area contributed by atoms with Crippen molar-refractivity contribution in [3.8, 4) is 0 Å². The second kappa shape index (κ2) is 11.9. The van der Waals surface area contributed by atoms with Gasteiger partial charge in [0.15, 0.2) is 0 Å². The van der Waals surface area contributed by atoms with Crippen molar-refractivity contribution in [1.29, 1.82) is 0 Å². The van der Waals surface area contributed by atoms with Crippen molar-refractivity contribution in [1.82, 2.24) is 19.8 Å². The average molecular weight is 526 g/mol. The molecule has 2 aliphatic heterocycles. The van der Waals surface area contributed by atoms with Crippen LogP contribution in [0, 0.1) is 17.8 Å². The summed E-state index contributed by atoms with van der Waals surface area (Å²) < 4.78 is 43.8. The number of anilines is 1. The Morgan fingerprint density at radius 3 is 2.17 bits per heavy atom. The highest BCUT2D eigenvalue weighted by Gasteiger charge is 2.29. The van der Waals surface area contributed by atoms with Gasteiger partial charge in [-0.1, -0.05) is 0 Å². The van der Waals surface area contributed by atoms with E-state index in [1.165, 1.54) is 45.1 Å². The fraction of sp³-hybridized carbons (Fsp3) is 0.769. The molecule has 0 unspecified atom stereocenters. The first-order valence-electron chi connectivity index (χ1n) is 13.5. The smallest absolute Gasteiger partial charge is 0.379 e. The Bertz CT molecular complexity index is 964. The number of alkyl halides is 3. The van der Waals surface area contributed by atoms with Gasteiger partial charge in [0.05, 0.1) is 25.0 Å². The van der Waals surface area contributed by atoms with E-state index in [9.17, 15) is 13.2 Å². The first-order valence-corrected chi connectivity index (χ1v) is 14.3. The van der Waals surface area contributed by atoms with Crippen LogP contribution in [0.1, 0.15) is 43.4 Å². The molecule has 0 aromatic carbocycles. The molecule has 200 valence electrons. The maximum absolute atomic E-state index is 12.8. The molecule has 10 heteroatoms. The Balaban J connectivity index is 1.02. The summed E-state index contributed by atoms with van der Waals surface area (Å²) in [6.45, 7) is 9.52. The highest BCUT2D eigenvalue weighted by Crippen LogP contribution is 2.33. The Morgan fingerprint density at radius 1 is 0.889 bits per heavy atom. The van der Waals surface area contributed by atoms with Crippen molar-refractivity contribution < 1.29 is 17.9 Å². The van der Waals surface area contributed by atoms with Crippen molar-refractivity contribution in [2.75, 3.05) is 64.3 Å². The predicted molar refractivity (Wildman–Crippen MR) is 138 cm³/mol. The largest absolute Gasteiger partial charge is 0.393 e. The van der Waals surface area contributed by atoms with Crippen LogP contribution >= 0.6 is 11.3 Å². The lowest BCUT2D eigenvalue weighted by Crippen LogP contribution is -2.41. The van der Waals surface area contributed by atoms with E-state index in [0.29, 0.717) is 22.0 Å². The van der Waals surface area contributed by atoms with E-state index in [1.54, 1.807) is 6.07 Å². The molecular weight excluding hydrogens is 487 g/mol. The zero-order valence-electron chi connectivity index (χ0n) is 20.9. The first-order chi connectivity index (χ1) is 17.4. The van der Waals surface area contributed by atoms with E-state index in [2.05, 4.69) is 25.1 Å². The van der Waals surface area contributed by atoms with Gasteiger partial charge >= 0.3 is 6.18 Å². The average Bonchev–Trinajstić information content (AvgIpc) is 3.27. The highest BCUT2D eigenvalue weighted by molar-refractivity contribution is 7.18. The molecule has 3 aliphatic rings. The number of morpholine rings is 1. The molecular formula is C26H38F3N5OS. The molecule has 1 aliphatic carbocycles. The topological polar surface area (TPSA) is 53.5 Å². The lowest BCUT2D eigenvalue weighted by Gasteiger charge is -2.38. The quantitative estimate of drug-likeness (QED) is 0.520. The summed E-state index contributed by atoms with van der Waals surface area (Å²) in [7, 11) is 0. The van der Waals surface area contributed by atoms with Crippen molar-refractivity contribution >= 4 is 27.4 Å². The Kier molecular flexibility index (Phi) is 8.65. The van der Waals surface area contributed by atoms with Gasteiger partial charge in [0, 0.05) is 37.6 Å². The van der Waals surface area contributed by atoms with Gasteiger partial charge in [-0.3, -0.25) is 4.90 Å². The van der Waals surface area contributed by atoms with Gasteiger partial charge in [-0.15, -0.1) is 11.3 Å². The molecule has 0 spiro atoms. The fourth-order valence-electron chi connectivity index (χ4n) is 6.06. The van der Waals surface area contributed by atoms with Gasteiger partial charge in [0.25, 0.3) is 0 Å². The molecule has 0 amide bonds. The van der Waals surface area contributed by atoms with Crippen molar-refractivity contribution in [2.45, 2.75) is 51.1 Å². The molecule has 36 heavy (non-hydrogen) atoms. The molecule has 2 saturated heterocycles. The number of nitrogens with one attached hydrogen (secondary N) is 1. The summed E-state index contributed by atoms with van der Waals surface area (Å²) in [4.78, 5) is 14.6. The maximum atomic E-state index is 12.8. The summed E-state index contributed by atoms with van der Waals surface area (Å²) in [5, 5.41) is 4.11. The number of rotatable bonds is 8. The number of fused-ring (bicyclic) bond motifs is 1. The highest BCUT2D eigenvalue weighted by atomic mass is 32.1. The van der Waals surface area contributed by atoms with Gasteiger partial charge in [-0.05, 0) is 75.4 Å². The molecule has 2 aromatic heterocycles. The van der Waals surface area contributed by atoms with Crippen LogP contribution < -0.4 is 5.32 Å². The minimum Gasteiger partial charge on any atom is -0.379 e. The van der Waals surface area contributed by atoms with Crippen molar-refractivity contribution in [3.63, 3.8) is 0 Å². The van der Waals surface area contributed by atoms with Crippen LogP contribution in [0.4, 0.5) is 19.0 Å². The summed E-state index contributed by atoms with van der Waals surface area (Å²) in [6.07, 6.45) is 4.06. The van der Waals surface area contributed by atoms with Gasteiger partial charge < -0.3 is 15.0 Å². The van der Waals surface area contributed by atoms with Gasteiger partial charge in [0.2, 0.25) is 0 Å². The third-order valence-corrected chi connectivity index (χ3v) is 9.17. The molecule has 2 aromatic rings. The third-order valence-electron chi connectivity index (χ3n) is 8.12. The number of hydrogen-bond acceptors (Lipinski definition) is 7. The van der Waals surface area contributed by atoms with Gasteiger partial charge in [-0.2, -0.15) is 13.2 Å². The predicted octanol–water partition coefficient (Wildman–Crippen LogP) is 5.06. The Hall–Kier alpha value is -1.49. The number of likely N-dealkylation sites (tertiary alicyclic amines) is 1. The lowest BCUT2D eigenvalue weighted by atomic mass is 9.81. The van der Waals surface area contributed by atoms with Crippen LogP contribution in [0.3, 0.4) is 0 Å². The number of piperidine rings is 1. The zero-order valence-corrected chi connectivity index (χ0v) is 21.8. The van der Waals surface area contributed by atoms with Crippen LogP contribution in [-0.2, 0) is 11.2 Å². The van der Waals surface area contributed by atoms with Crippen molar-refractivity contribution in [2.24, 2.45) is 17.8 Å². The molecule has 0 bridgehead atoms. The van der Waals surface area contributed by atoms with Gasteiger partial charge in [0.1, 0.15) is 17.0 Å². The lowest BCUT2D eigenvalue weighted by molar-refractivity contribution is -0.126. The van der Waals surface area contributed by atoms with E-state index >= 15 is 0 Å². The summed E-state index contributed by atoms with van der Waals surface area (Å²) >= 11 is 1.10. The second-order valence-corrected chi connectivity index (χ2v) is 12.0. The number of thiophene rings is 1. The van der Waals surface area contributed by atoms with E-state index < -0.39 is 12.6 Å². The number of ether oxygens (including phenoxy) is 1. The van der Waals surface area contributed by atoms with E-state index in [-0.39, 0.29) is 4.88 Å². The maximum Gasteiger partial charge on any atom is 0.393 e. The minimum absolute atomic E-state index is 0.282. The van der Waals surface area contributed by atoms with E-state index in [0.717, 1.165) is 82.0 Å². The molecule has 3 fully saturated rings. The Morgan fingerprint density at radius 2 is 1.53 bits per heavy atom. The second-order valence-electron chi connectivity index (χ2n) is 10.9. The van der Waals surface area contributed by atoms with Crippen LogP contribution in [-0.4, -0.2) is 85.0 Å². The van der Waals surface area contributed by atoms with E-state index in [4.69, 9.17) is 4.74 Å². The molecule has 1 saturated carbocycles. The summed E-state index contributed by atoms with van der Waals surface area (Å²) in [5.74, 6) is 2.90. The van der Waals surface area contributed by atoms with Crippen molar-refractivity contribution in [3.05, 3.63) is 17.3 Å². The first kappa shape index (κ1) is 26.1. The molecule has 1 N–H and O–H groups in total. The molecule has 4 heterocycles. The summed E-state index contributed by atoms with van der Waals surface area (Å²) in [6, 6.07) is 1.59. The molecule has 0 radical (unpaired) electrons. The van der Waals surface area contributed by atoms with Crippen LogP contribution in [0.5, 0.6) is 0 Å². The van der Waals surface area contributed by atoms with Crippen LogP contribution in [0.2, 0.25) is 0 Å². The number of aromatic nitrogens is 2. The fourth-order valence-corrected chi connectivity index (χ4v) is 7.08. The monoisotopic (exact) mass is 525 g/mol. The molecule has 0 atom stereocenters. The zero-order chi connectivity index (χ0) is 25.0. The number of halogens is 3. The third kappa shape index (κ3) is 7.30. The SMILES string of the molecule is FC(F)(F)Cc1cc2c(NCC3CCN(CC4CCC(CN5CCOCC5)CC4)CC3)ncnc2s1.